The zero-order valence-corrected chi connectivity index (χ0v) is 13.0. The van der Waals surface area contributed by atoms with Gasteiger partial charge in [0.2, 0.25) is 0 Å². The van der Waals surface area contributed by atoms with Gasteiger partial charge in [-0.2, -0.15) is 0 Å². The van der Waals surface area contributed by atoms with Crippen LogP contribution in [0, 0.1) is 0 Å². The third kappa shape index (κ3) is 2.94. The Morgan fingerprint density at radius 1 is 1.24 bits per heavy atom. The number of amides is 1. The number of piperazine rings is 1. The third-order valence-electron chi connectivity index (χ3n) is 4.38. The minimum atomic E-state index is 0.00194. The van der Waals surface area contributed by atoms with Crippen LogP contribution < -0.4 is 5.32 Å². The van der Waals surface area contributed by atoms with Crippen LogP contribution in [0.1, 0.15) is 37.3 Å². The number of aromatic nitrogens is 3. The van der Waals surface area contributed by atoms with Crippen molar-refractivity contribution in [3.63, 3.8) is 0 Å². The second-order valence-electron chi connectivity index (χ2n) is 6.85. The molecule has 2 saturated heterocycles. The van der Waals surface area contributed by atoms with Gasteiger partial charge in [-0.3, -0.25) is 9.69 Å². The lowest BCUT2D eigenvalue weighted by Gasteiger charge is -2.42. The molecule has 0 bridgehead atoms. The van der Waals surface area contributed by atoms with Crippen LogP contribution in [0.2, 0.25) is 0 Å². The van der Waals surface area contributed by atoms with E-state index in [2.05, 4.69) is 41.3 Å². The molecule has 3 rings (SSSR count). The fourth-order valence-corrected chi connectivity index (χ4v) is 2.76. The average Bonchev–Trinajstić information content (AvgIpc) is 2.84. The molecule has 7 nitrogen and oxygen atoms in total. The fourth-order valence-electron chi connectivity index (χ4n) is 2.76. The molecular weight excluding hydrogens is 268 g/mol. The van der Waals surface area contributed by atoms with E-state index in [1.54, 1.807) is 10.9 Å². The van der Waals surface area contributed by atoms with E-state index in [9.17, 15) is 4.79 Å². The highest BCUT2D eigenvalue weighted by Crippen LogP contribution is 2.17. The number of nitrogens with one attached hydrogen (secondary N) is 1. The van der Waals surface area contributed by atoms with Crippen LogP contribution in [-0.2, 0) is 0 Å². The number of hydrogen-bond donors (Lipinski definition) is 1. The molecule has 0 unspecified atom stereocenters. The van der Waals surface area contributed by atoms with E-state index in [1.165, 1.54) is 0 Å². The van der Waals surface area contributed by atoms with E-state index in [-0.39, 0.29) is 11.4 Å². The summed E-state index contributed by atoms with van der Waals surface area (Å²) in [5, 5.41) is 11.3. The van der Waals surface area contributed by atoms with E-state index < -0.39 is 0 Å². The summed E-state index contributed by atoms with van der Waals surface area (Å²) in [7, 11) is 0. The van der Waals surface area contributed by atoms with Crippen LogP contribution in [0.25, 0.3) is 0 Å². The molecule has 0 aromatic carbocycles. The van der Waals surface area contributed by atoms with Crippen molar-refractivity contribution in [3.05, 3.63) is 11.9 Å². The largest absolute Gasteiger partial charge is 0.335 e. The molecule has 116 valence electrons. The van der Waals surface area contributed by atoms with Gasteiger partial charge in [0.1, 0.15) is 0 Å². The number of rotatable bonds is 2. The summed E-state index contributed by atoms with van der Waals surface area (Å²) >= 11 is 0. The Balaban J connectivity index is 1.60. The van der Waals surface area contributed by atoms with Crippen molar-refractivity contribution in [3.8, 4) is 0 Å². The number of nitrogens with zero attached hydrogens (tertiary/aromatic N) is 5. The van der Waals surface area contributed by atoms with E-state index in [0.717, 1.165) is 39.3 Å². The van der Waals surface area contributed by atoms with Gasteiger partial charge in [-0.1, -0.05) is 5.21 Å². The van der Waals surface area contributed by atoms with Crippen molar-refractivity contribution < 1.29 is 4.79 Å². The first kappa shape index (κ1) is 14.5. The summed E-state index contributed by atoms with van der Waals surface area (Å²) in [5.74, 6) is 0.00194. The summed E-state index contributed by atoms with van der Waals surface area (Å²) in [6.45, 7) is 11.8. The molecule has 1 aromatic heterocycles. The van der Waals surface area contributed by atoms with E-state index in [1.807, 2.05) is 4.90 Å². The van der Waals surface area contributed by atoms with E-state index in [0.29, 0.717) is 11.7 Å². The second kappa shape index (κ2) is 5.38. The maximum atomic E-state index is 12.5. The molecular formula is C14H24N6O. The smallest absolute Gasteiger partial charge is 0.276 e. The van der Waals surface area contributed by atoms with Gasteiger partial charge in [0, 0.05) is 44.8 Å². The lowest BCUT2D eigenvalue weighted by atomic mass is 10.0. The summed E-state index contributed by atoms with van der Waals surface area (Å²) in [4.78, 5) is 16.8. The molecule has 2 aliphatic rings. The number of carbonyl (C=O) groups excluding carboxylic acids is 1. The first-order valence-electron chi connectivity index (χ1n) is 7.62. The van der Waals surface area contributed by atoms with Crippen LogP contribution in [-0.4, -0.2) is 75.5 Å². The summed E-state index contributed by atoms with van der Waals surface area (Å²) in [5.41, 5.74) is 0.626. The predicted molar refractivity (Wildman–Crippen MR) is 79.2 cm³/mol. The first-order chi connectivity index (χ1) is 9.95. The van der Waals surface area contributed by atoms with E-state index >= 15 is 0 Å². The fraction of sp³-hybridized carbons (Fsp3) is 0.786. The molecule has 2 fully saturated rings. The molecule has 1 N–H and O–H groups in total. The molecule has 1 amide bonds. The lowest BCUT2D eigenvalue weighted by Crippen LogP contribution is -2.54. The normalized spacial score (nSPS) is 21.4. The third-order valence-corrected chi connectivity index (χ3v) is 4.38. The van der Waals surface area contributed by atoms with Crippen molar-refractivity contribution in [2.75, 3.05) is 39.3 Å². The lowest BCUT2D eigenvalue weighted by molar-refractivity contribution is 0.0446. The molecule has 7 heteroatoms. The van der Waals surface area contributed by atoms with Gasteiger partial charge in [-0.25, -0.2) is 4.68 Å². The van der Waals surface area contributed by atoms with Crippen LogP contribution in [0.4, 0.5) is 0 Å². The van der Waals surface area contributed by atoms with Gasteiger partial charge in [0.05, 0.1) is 12.2 Å². The highest BCUT2D eigenvalue weighted by atomic mass is 16.2. The highest BCUT2D eigenvalue weighted by Gasteiger charge is 2.29. The average molecular weight is 292 g/mol. The van der Waals surface area contributed by atoms with Crippen molar-refractivity contribution in [1.82, 2.24) is 30.1 Å². The number of hydrogen-bond acceptors (Lipinski definition) is 5. The van der Waals surface area contributed by atoms with Gasteiger partial charge in [-0.05, 0) is 20.8 Å². The predicted octanol–water partition coefficient (Wildman–Crippen LogP) is -0.0213. The maximum Gasteiger partial charge on any atom is 0.276 e. The Hall–Kier alpha value is -1.47. The zero-order chi connectivity index (χ0) is 15.0. The Kier molecular flexibility index (Phi) is 3.71. The van der Waals surface area contributed by atoms with Gasteiger partial charge < -0.3 is 10.2 Å². The Bertz CT molecular complexity index is 508. The number of carbonyl (C=O) groups is 1. The van der Waals surface area contributed by atoms with Gasteiger partial charge >= 0.3 is 0 Å². The Labute approximate surface area is 125 Å². The molecule has 0 saturated carbocycles. The van der Waals surface area contributed by atoms with E-state index in [4.69, 9.17) is 0 Å². The molecule has 21 heavy (non-hydrogen) atoms. The van der Waals surface area contributed by atoms with Gasteiger partial charge in [0.15, 0.2) is 5.69 Å². The maximum absolute atomic E-state index is 12.5. The van der Waals surface area contributed by atoms with Crippen molar-refractivity contribution in [2.24, 2.45) is 0 Å². The monoisotopic (exact) mass is 292 g/mol. The summed E-state index contributed by atoms with van der Waals surface area (Å²) in [6, 6.07) is 0.344. The minimum absolute atomic E-state index is 0.00194. The van der Waals surface area contributed by atoms with Crippen LogP contribution >= 0.6 is 0 Å². The van der Waals surface area contributed by atoms with Gasteiger partial charge in [-0.15, -0.1) is 5.10 Å². The standard InChI is InChI=1S/C14H24N6O/c1-14(2,3)19-6-4-18(5-7-19)13(21)12-10-20(17-16-12)11-8-15-9-11/h10-11,15H,4-9H2,1-3H3. The Morgan fingerprint density at radius 3 is 2.43 bits per heavy atom. The summed E-state index contributed by atoms with van der Waals surface area (Å²) < 4.78 is 1.80. The van der Waals surface area contributed by atoms with Crippen molar-refractivity contribution in [1.29, 1.82) is 0 Å². The second-order valence-corrected chi connectivity index (χ2v) is 6.85. The van der Waals surface area contributed by atoms with Crippen molar-refractivity contribution >= 4 is 5.91 Å². The molecule has 3 heterocycles. The van der Waals surface area contributed by atoms with Crippen LogP contribution in [0.15, 0.2) is 6.20 Å². The SMILES string of the molecule is CC(C)(C)N1CCN(C(=O)c2cn(C3CNC3)nn2)CC1. The topological polar surface area (TPSA) is 66.3 Å². The molecule has 0 atom stereocenters. The van der Waals surface area contributed by atoms with Crippen LogP contribution in [0.3, 0.4) is 0 Å². The molecule has 0 spiro atoms. The minimum Gasteiger partial charge on any atom is -0.335 e. The summed E-state index contributed by atoms with van der Waals surface area (Å²) in [6.07, 6.45) is 1.78. The quantitative estimate of drug-likeness (QED) is 0.830. The van der Waals surface area contributed by atoms with Gasteiger partial charge in [0.25, 0.3) is 5.91 Å². The molecule has 0 radical (unpaired) electrons. The zero-order valence-electron chi connectivity index (χ0n) is 13.0. The van der Waals surface area contributed by atoms with Crippen molar-refractivity contribution in [2.45, 2.75) is 32.4 Å². The first-order valence-corrected chi connectivity index (χ1v) is 7.62. The highest BCUT2D eigenvalue weighted by molar-refractivity contribution is 5.92. The van der Waals surface area contributed by atoms with Crippen LogP contribution in [0.5, 0.6) is 0 Å². The molecule has 1 aromatic rings. The molecule has 0 aliphatic carbocycles. The Morgan fingerprint density at radius 2 is 1.90 bits per heavy atom. The molecule has 2 aliphatic heterocycles.